The fourth-order valence-electron chi connectivity index (χ4n) is 1.44. The Labute approximate surface area is 112 Å². The lowest BCUT2D eigenvalue weighted by molar-refractivity contribution is -0.139. The maximum atomic E-state index is 11.0. The summed E-state index contributed by atoms with van der Waals surface area (Å²) >= 11 is 0. The van der Waals surface area contributed by atoms with Gasteiger partial charge >= 0.3 is 5.97 Å². The maximum Gasteiger partial charge on any atom is 0.317 e. The number of benzene rings is 1. The molecule has 0 amide bonds. The zero-order chi connectivity index (χ0) is 14.3. The van der Waals surface area contributed by atoms with Crippen LogP contribution >= 0.6 is 0 Å². The average molecular weight is 264 g/mol. The summed E-state index contributed by atoms with van der Waals surface area (Å²) < 4.78 is 20.1. The van der Waals surface area contributed by atoms with Crippen LogP contribution in [0.25, 0.3) is 0 Å². The lowest BCUT2D eigenvalue weighted by Crippen LogP contribution is -1.97. The van der Waals surface area contributed by atoms with Gasteiger partial charge in [-0.05, 0) is 12.1 Å². The summed E-state index contributed by atoms with van der Waals surface area (Å²) in [6.45, 7) is 0. The summed E-state index contributed by atoms with van der Waals surface area (Å²) in [6, 6.07) is 3.43. The van der Waals surface area contributed by atoms with Gasteiger partial charge in [0.05, 0.1) is 28.4 Å². The third kappa shape index (κ3) is 3.81. The van der Waals surface area contributed by atoms with Gasteiger partial charge in [0.2, 0.25) is 5.75 Å². The van der Waals surface area contributed by atoms with Gasteiger partial charge in [0.1, 0.15) is 6.42 Å². The van der Waals surface area contributed by atoms with Gasteiger partial charge in [-0.2, -0.15) is 0 Å². The van der Waals surface area contributed by atoms with Crippen molar-refractivity contribution in [3.8, 4) is 29.1 Å². The van der Waals surface area contributed by atoms with Crippen LogP contribution in [0.5, 0.6) is 17.2 Å². The van der Waals surface area contributed by atoms with Gasteiger partial charge in [0.25, 0.3) is 0 Å². The van der Waals surface area contributed by atoms with Gasteiger partial charge in [0.15, 0.2) is 11.5 Å². The predicted molar refractivity (Wildman–Crippen MR) is 69.6 cm³/mol. The number of hydrogen-bond donors (Lipinski definition) is 0. The van der Waals surface area contributed by atoms with Crippen molar-refractivity contribution < 1.29 is 23.7 Å². The molecule has 0 heterocycles. The highest BCUT2D eigenvalue weighted by molar-refractivity contribution is 5.72. The number of carbonyl (C=O) groups excluding carboxylic acids is 1. The molecule has 102 valence electrons. The molecule has 0 saturated heterocycles. The molecular formula is C14H16O5. The summed E-state index contributed by atoms with van der Waals surface area (Å²) in [6.07, 6.45) is 0.0349. The first kappa shape index (κ1) is 14.7. The lowest BCUT2D eigenvalue weighted by Gasteiger charge is -2.12. The molecule has 0 N–H and O–H groups in total. The zero-order valence-electron chi connectivity index (χ0n) is 11.4. The maximum absolute atomic E-state index is 11.0. The summed E-state index contributed by atoms with van der Waals surface area (Å²) in [4.78, 5) is 11.0. The first-order valence-electron chi connectivity index (χ1n) is 5.52. The number of methoxy groups -OCH3 is 4. The molecule has 0 aliphatic rings. The molecule has 0 unspecified atom stereocenters. The fourth-order valence-corrected chi connectivity index (χ4v) is 1.44. The third-order valence-corrected chi connectivity index (χ3v) is 2.36. The molecule has 0 spiro atoms. The highest BCUT2D eigenvalue weighted by Gasteiger charge is 2.12. The Morgan fingerprint density at radius 2 is 1.63 bits per heavy atom. The van der Waals surface area contributed by atoms with Gasteiger partial charge < -0.3 is 18.9 Å². The first-order valence-corrected chi connectivity index (χ1v) is 5.52. The van der Waals surface area contributed by atoms with E-state index >= 15 is 0 Å². The van der Waals surface area contributed by atoms with Crippen LogP contribution in [0, 0.1) is 11.8 Å². The van der Waals surface area contributed by atoms with Crippen LogP contribution < -0.4 is 14.2 Å². The van der Waals surface area contributed by atoms with Crippen molar-refractivity contribution in [1.29, 1.82) is 0 Å². The predicted octanol–water partition coefficient (Wildman–Crippen LogP) is 1.63. The second kappa shape index (κ2) is 7.17. The highest BCUT2D eigenvalue weighted by atomic mass is 16.5. The second-order valence-electron chi connectivity index (χ2n) is 3.47. The monoisotopic (exact) mass is 264 g/mol. The molecule has 0 aliphatic heterocycles. The Balaban J connectivity index is 3.06. The van der Waals surface area contributed by atoms with E-state index in [2.05, 4.69) is 16.6 Å². The van der Waals surface area contributed by atoms with Crippen LogP contribution in [0.3, 0.4) is 0 Å². The van der Waals surface area contributed by atoms with Crippen molar-refractivity contribution >= 4 is 5.97 Å². The Hall–Kier alpha value is -2.35. The molecule has 1 aromatic rings. The molecule has 5 heteroatoms. The number of esters is 1. The van der Waals surface area contributed by atoms with Crippen molar-refractivity contribution in [2.45, 2.75) is 6.42 Å². The average Bonchev–Trinajstić information content (AvgIpc) is 2.45. The van der Waals surface area contributed by atoms with Crippen LogP contribution in [0.4, 0.5) is 0 Å². The summed E-state index contributed by atoms with van der Waals surface area (Å²) in [7, 11) is 5.92. The number of ether oxygens (including phenoxy) is 4. The van der Waals surface area contributed by atoms with E-state index in [0.29, 0.717) is 22.8 Å². The van der Waals surface area contributed by atoms with Gasteiger partial charge in [-0.15, -0.1) is 0 Å². The van der Waals surface area contributed by atoms with Crippen LogP contribution in [0.1, 0.15) is 12.0 Å². The summed E-state index contributed by atoms with van der Waals surface area (Å²) in [5.74, 6) is 6.72. The molecule has 5 nitrogen and oxygen atoms in total. The van der Waals surface area contributed by atoms with Gasteiger partial charge in [0, 0.05) is 5.56 Å². The van der Waals surface area contributed by atoms with Crippen molar-refractivity contribution in [1.82, 2.24) is 0 Å². The Kier molecular flexibility index (Phi) is 5.55. The molecule has 0 radical (unpaired) electrons. The van der Waals surface area contributed by atoms with E-state index in [0.717, 1.165) is 0 Å². The van der Waals surface area contributed by atoms with Crippen LogP contribution in [0.15, 0.2) is 12.1 Å². The van der Waals surface area contributed by atoms with Crippen molar-refractivity contribution in [3.63, 3.8) is 0 Å². The minimum Gasteiger partial charge on any atom is -0.493 e. The minimum atomic E-state index is -0.375. The molecule has 1 aromatic carbocycles. The Morgan fingerprint density at radius 3 is 2.05 bits per heavy atom. The van der Waals surface area contributed by atoms with Gasteiger partial charge in [-0.1, -0.05) is 11.8 Å². The topological polar surface area (TPSA) is 54.0 Å². The van der Waals surface area contributed by atoms with E-state index in [4.69, 9.17) is 14.2 Å². The number of carbonyl (C=O) groups is 1. The van der Waals surface area contributed by atoms with E-state index in [1.54, 1.807) is 12.1 Å². The van der Waals surface area contributed by atoms with Crippen molar-refractivity contribution in [2.24, 2.45) is 0 Å². The third-order valence-electron chi connectivity index (χ3n) is 2.36. The van der Waals surface area contributed by atoms with Crippen LogP contribution in [-0.2, 0) is 9.53 Å². The second-order valence-corrected chi connectivity index (χ2v) is 3.47. The lowest BCUT2D eigenvalue weighted by atomic mass is 10.2. The highest BCUT2D eigenvalue weighted by Crippen LogP contribution is 2.37. The van der Waals surface area contributed by atoms with Crippen LogP contribution in [-0.4, -0.2) is 34.4 Å². The molecule has 0 aliphatic carbocycles. The normalized spacial score (nSPS) is 9.05. The molecule has 0 saturated carbocycles. The van der Waals surface area contributed by atoms with E-state index < -0.39 is 0 Å². The van der Waals surface area contributed by atoms with Crippen LogP contribution in [0.2, 0.25) is 0 Å². The zero-order valence-corrected chi connectivity index (χ0v) is 11.4. The van der Waals surface area contributed by atoms with E-state index in [1.165, 1.54) is 28.4 Å². The standard InChI is InChI=1S/C14H16O5/c1-16-11-8-10(6-5-7-13(15)18-3)9-12(17-2)14(11)19-4/h8-9H,7H2,1-4H3. The molecule has 0 bridgehead atoms. The number of rotatable bonds is 4. The Bertz CT molecular complexity index is 485. The number of hydrogen-bond acceptors (Lipinski definition) is 5. The summed E-state index contributed by atoms with van der Waals surface area (Å²) in [5.41, 5.74) is 0.665. The quantitative estimate of drug-likeness (QED) is 0.611. The molecule has 0 fully saturated rings. The fraction of sp³-hybridized carbons (Fsp3) is 0.357. The smallest absolute Gasteiger partial charge is 0.317 e. The van der Waals surface area contributed by atoms with E-state index in [9.17, 15) is 4.79 Å². The molecular weight excluding hydrogens is 248 g/mol. The van der Waals surface area contributed by atoms with E-state index in [1.807, 2.05) is 0 Å². The first-order chi connectivity index (χ1) is 9.15. The van der Waals surface area contributed by atoms with Gasteiger partial charge in [-0.3, -0.25) is 4.79 Å². The largest absolute Gasteiger partial charge is 0.493 e. The molecule has 0 atom stereocenters. The van der Waals surface area contributed by atoms with Crippen molar-refractivity contribution in [2.75, 3.05) is 28.4 Å². The van der Waals surface area contributed by atoms with E-state index in [-0.39, 0.29) is 12.4 Å². The molecule has 1 rings (SSSR count). The Morgan fingerprint density at radius 1 is 1.05 bits per heavy atom. The van der Waals surface area contributed by atoms with Gasteiger partial charge in [-0.25, -0.2) is 0 Å². The minimum absolute atomic E-state index is 0.0349. The summed E-state index contributed by atoms with van der Waals surface area (Å²) in [5, 5.41) is 0. The molecule has 0 aromatic heterocycles. The SMILES string of the molecule is COC(=O)CC#Cc1cc(OC)c(OC)c(OC)c1. The van der Waals surface area contributed by atoms with Crippen molar-refractivity contribution in [3.05, 3.63) is 17.7 Å². The molecule has 19 heavy (non-hydrogen) atoms.